The van der Waals surface area contributed by atoms with Crippen LogP contribution in [0, 0.1) is 23.6 Å². The van der Waals surface area contributed by atoms with E-state index in [1.165, 1.54) is 37.8 Å². The van der Waals surface area contributed by atoms with Gasteiger partial charge in [0.15, 0.2) is 11.5 Å². The second-order valence-electron chi connectivity index (χ2n) is 8.15. The lowest BCUT2D eigenvalue weighted by molar-refractivity contribution is -0.134. The molecule has 0 saturated heterocycles. The molecule has 28 heavy (non-hydrogen) atoms. The molecule has 0 bridgehead atoms. The quantitative estimate of drug-likeness (QED) is 0.764. The largest absolute Gasteiger partial charge is 0.454 e. The molecule has 4 nitrogen and oxygen atoms in total. The van der Waals surface area contributed by atoms with Crippen molar-refractivity contribution in [1.82, 2.24) is 4.90 Å². The van der Waals surface area contributed by atoms with Crippen molar-refractivity contribution >= 4 is 5.91 Å². The Hall–Kier alpha value is -2.56. The second-order valence-corrected chi connectivity index (χ2v) is 8.15. The molecule has 2 aromatic carbocycles. The molecule has 1 amide bonds. The van der Waals surface area contributed by atoms with Gasteiger partial charge in [0.25, 0.3) is 0 Å². The van der Waals surface area contributed by atoms with Crippen LogP contribution in [0.1, 0.15) is 36.8 Å². The number of rotatable bonds is 5. The third-order valence-corrected chi connectivity index (χ3v) is 6.33. The fourth-order valence-electron chi connectivity index (χ4n) is 4.90. The Balaban J connectivity index is 1.38. The number of nitrogens with zero attached hydrogens (tertiary/aromatic N) is 1. The van der Waals surface area contributed by atoms with Crippen molar-refractivity contribution in [2.45, 2.75) is 38.8 Å². The normalized spacial score (nSPS) is 24.5. The maximum absolute atomic E-state index is 13.7. The van der Waals surface area contributed by atoms with Gasteiger partial charge in [-0.3, -0.25) is 4.79 Å². The third kappa shape index (κ3) is 3.34. The molecule has 5 heteroatoms. The molecule has 1 aliphatic heterocycles. The monoisotopic (exact) mass is 381 g/mol. The predicted molar refractivity (Wildman–Crippen MR) is 102 cm³/mol. The Labute approximate surface area is 164 Å². The lowest BCUT2D eigenvalue weighted by Crippen LogP contribution is -2.32. The zero-order valence-electron chi connectivity index (χ0n) is 15.8. The smallest absolute Gasteiger partial charge is 0.231 e. The van der Waals surface area contributed by atoms with E-state index >= 15 is 0 Å². The van der Waals surface area contributed by atoms with Crippen LogP contribution in [0.5, 0.6) is 11.5 Å². The van der Waals surface area contributed by atoms with Crippen LogP contribution < -0.4 is 9.47 Å². The zero-order valence-corrected chi connectivity index (χ0v) is 15.8. The molecule has 0 unspecified atom stereocenters. The third-order valence-electron chi connectivity index (χ3n) is 6.33. The maximum Gasteiger partial charge on any atom is 0.231 e. The van der Waals surface area contributed by atoms with Crippen LogP contribution in [-0.2, 0) is 17.9 Å². The summed E-state index contributed by atoms with van der Waals surface area (Å²) in [5, 5.41) is 0. The lowest BCUT2D eigenvalue weighted by Gasteiger charge is -2.24. The summed E-state index contributed by atoms with van der Waals surface area (Å²) in [6.45, 7) is 1.14. The Bertz CT molecular complexity index is 887. The van der Waals surface area contributed by atoms with Gasteiger partial charge < -0.3 is 14.4 Å². The van der Waals surface area contributed by atoms with Crippen molar-refractivity contribution in [1.29, 1.82) is 0 Å². The van der Waals surface area contributed by atoms with E-state index in [0.717, 1.165) is 22.6 Å². The summed E-state index contributed by atoms with van der Waals surface area (Å²) in [6, 6.07) is 12.3. The van der Waals surface area contributed by atoms with E-state index in [1.54, 1.807) is 6.07 Å². The summed E-state index contributed by atoms with van der Waals surface area (Å²) in [5.41, 5.74) is 1.82. The number of fused-ring (bicyclic) bond motifs is 2. The van der Waals surface area contributed by atoms with Crippen LogP contribution in [-0.4, -0.2) is 17.6 Å². The Kier molecular flexibility index (Phi) is 4.46. The highest BCUT2D eigenvalue weighted by Gasteiger charge is 2.55. The molecule has 5 rings (SSSR count). The van der Waals surface area contributed by atoms with E-state index < -0.39 is 0 Å². The summed E-state index contributed by atoms with van der Waals surface area (Å²) >= 11 is 0. The van der Waals surface area contributed by atoms with Gasteiger partial charge in [0.2, 0.25) is 12.7 Å². The van der Waals surface area contributed by atoms with Gasteiger partial charge in [0, 0.05) is 19.0 Å². The van der Waals surface area contributed by atoms with Crippen molar-refractivity contribution in [2.75, 3.05) is 6.79 Å². The molecule has 0 spiro atoms. The van der Waals surface area contributed by atoms with Gasteiger partial charge in [-0.15, -0.1) is 0 Å². The first-order valence-electron chi connectivity index (χ1n) is 10.1. The summed E-state index contributed by atoms with van der Waals surface area (Å²) < 4.78 is 24.5. The second kappa shape index (κ2) is 7.12. The number of ether oxygens (including phenoxy) is 2. The molecule has 2 atom stereocenters. The number of halogens is 1. The van der Waals surface area contributed by atoms with Crippen LogP contribution in [0.25, 0.3) is 0 Å². The minimum Gasteiger partial charge on any atom is -0.454 e. The predicted octanol–water partition coefficient (Wildman–Crippen LogP) is 4.52. The highest BCUT2D eigenvalue weighted by atomic mass is 19.1. The zero-order chi connectivity index (χ0) is 19.1. The van der Waals surface area contributed by atoms with Gasteiger partial charge in [-0.05, 0) is 60.1 Å². The van der Waals surface area contributed by atoms with Gasteiger partial charge in [-0.25, -0.2) is 4.39 Å². The number of hydrogen-bond acceptors (Lipinski definition) is 3. The molecule has 3 aliphatic rings. The van der Waals surface area contributed by atoms with Gasteiger partial charge in [0.05, 0.1) is 0 Å². The maximum atomic E-state index is 13.7. The molecule has 146 valence electrons. The molecule has 0 N–H and O–H groups in total. The summed E-state index contributed by atoms with van der Waals surface area (Å²) in [4.78, 5) is 15.3. The standard InChI is InChI=1S/C23H24FNO3/c24-17-5-3-4-15(10-17)12-25(23(26)22-18-6-1-2-7-19(18)22)13-16-8-9-20-21(11-16)28-14-27-20/h3-5,8-11,18-19,22H,1-2,6-7,12-14H2/t18-,19-/m0/s1. The Morgan fingerprint density at radius 3 is 2.43 bits per heavy atom. The minimum absolute atomic E-state index is 0.144. The molecule has 0 radical (unpaired) electrons. The van der Waals surface area contributed by atoms with Gasteiger partial charge in [0.1, 0.15) is 5.82 Å². The van der Waals surface area contributed by atoms with Crippen molar-refractivity contribution in [2.24, 2.45) is 17.8 Å². The van der Waals surface area contributed by atoms with Crippen LogP contribution in [0.15, 0.2) is 42.5 Å². The first-order valence-corrected chi connectivity index (χ1v) is 10.1. The molecule has 0 aromatic heterocycles. The van der Waals surface area contributed by atoms with E-state index in [2.05, 4.69) is 0 Å². The summed E-state index contributed by atoms with van der Waals surface area (Å²) in [6.07, 6.45) is 4.80. The summed E-state index contributed by atoms with van der Waals surface area (Å²) in [5.74, 6) is 2.63. The van der Waals surface area contributed by atoms with Gasteiger partial charge in [-0.2, -0.15) is 0 Å². The average molecular weight is 381 g/mol. The SMILES string of the molecule is O=C(C1[C@H]2CCCC[C@H]12)N(Cc1cccc(F)c1)Cc1ccc2c(c1)OCO2. The van der Waals surface area contributed by atoms with E-state index in [-0.39, 0.29) is 24.4 Å². The van der Waals surface area contributed by atoms with E-state index in [9.17, 15) is 9.18 Å². The Morgan fingerprint density at radius 1 is 0.964 bits per heavy atom. The molecule has 2 saturated carbocycles. The molecular weight excluding hydrogens is 357 g/mol. The van der Waals surface area contributed by atoms with Crippen molar-refractivity contribution in [3.05, 3.63) is 59.4 Å². The molecular formula is C23H24FNO3. The van der Waals surface area contributed by atoms with E-state index in [1.807, 2.05) is 29.2 Å². The molecule has 2 aromatic rings. The van der Waals surface area contributed by atoms with Crippen molar-refractivity contribution in [3.63, 3.8) is 0 Å². The van der Waals surface area contributed by atoms with E-state index in [0.29, 0.717) is 24.9 Å². The summed E-state index contributed by atoms with van der Waals surface area (Å²) in [7, 11) is 0. The topological polar surface area (TPSA) is 38.8 Å². The first-order chi connectivity index (χ1) is 13.7. The van der Waals surface area contributed by atoms with Gasteiger partial charge in [-0.1, -0.05) is 31.0 Å². The van der Waals surface area contributed by atoms with Crippen LogP contribution >= 0.6 is 0 Å². The number of carbonyl (C=O) groups excluding carboxylic acids is 1. The fourth-order valence-corrected chi connectivity index (χ4v) is 4.90. The minimum atomic E-state index is -0.270. The van der Waals surface area contributed by atoms with Crippen LogP contribution in [0.4, 0.5) is 4.39 Å². The molecule has 2 fully saturated rings. The van der Waals surface area contributed by atoms with Crippen LogP contribution in [0.3, 0.4) is 0 Å². The van der Waals surface area contributed by atoms with Crippen molar-refractivity contribution in [3.8, 4) is 11.5 Å². The first kappa shape index (κ1) is 17.5. The number of benzene rings is 2. The molecule has 1 heterocycles. The van der Waals surface area contributed by atoms with Crippen LogP contribution in [0.2, 0.25) is 0 Å². The average Bonchev–Trinajstić information content (AvgIpc) is 3.24. The Morgan fingerprint density at radius 2 is 1.68 bits per heavy atom. The van der Waals surface area contributed by atoms with Crippen molar-refractivity contribution < 1.29 is 18.7 Å². The lowest BCUT2D eigenvalue weighted by atomic mass is 10.0. The fraction of sp³-hybridized carbons (Fsp3) is 0.435. The van der Waals surface area contributed by atoms with Gasteiger partial charge >= 0.3 is 0 Å². The highest BCUT2D eigenvalue weighted by molar-refractivity contribution is 5.82. The molecule has 2 aliphatic carbocycles. The van der Waals surface area contributed by atoms with E-state index in [4.69, 9.17) is 9.47 Å². The highest BCUT2D eigenvalue weighted by Crippen LogP contribution is 2.56. The number of carbonyl (C=O) groups is 1. The number of hydrogen-bond donors (Lipinski definition) is 0. The number of amides is 1.